The number of ether oxygens (including phenoxy) is 9. The van der Waals surface area contributed by atoms with E-state index >= 15 is 0 Å². The smallest absolute Gasteiger partial charge is 0.303 e. The fourth-order valence-electron chi connectivity index (χ4n) is 13.9. The van der Waals surface area contributed by atoms with Crippen molar-refractivity contribution in [3.63, 3.8) is 0 Å². The molecule has 106 heavy (non-hydrogen) atoms. The molecule has 0 aromatic heterocycles. The number of hydrogen-bond donors (Lipinski definition) is 1. The summed E-state index contributed by atoms with van der Waals surface area (Å²) in [5.41, 5.74) is 20.8. The second kappa shape index (κ2) is 42.7. The van der Waals surface area contributed by atoms with Crippen LogP contribution in [0.25, 0.3) is 6.08 Å². The summed E-state index contributed by atoms with van der Waals surface area (Å²) in [7, 11) is 0. The quantitative estimate of drug-likeness (QED) is 0.0288. The normalized spacial score (nSPS) is 24.1. The number of carbonyl (C=O) groups is 6. The van der Waals surface area contributed by atoms with E-state index in [1.165, 1.54) is 164 Å². The first-order chi connectivity index (χ1) is 50.6. The van der Waals surface area contributed by atoms with Crippen LogP contribution in [0, 0.1) is 38.5 Å². The number of unbranched alkanes of at least 4 members (excludes halogenated alkanes) is 4. The summed E-state index contributed by atoms with van der Waals surface area (Å²) >= 11 is 10.4. The highest BCUT2D eigenvalue weighted by Gasteiger charge is 2.51. The van der Waals surface area contributed by atoms with Gasteiger partial charge in [-0.2, -0.15) is 0 Å². The molecule has 3 heterocycles. The Morgan fingerprint density at radius 1 is 0.425 bits per heavy atom. The zero-order valence-corrected chi connectivity index (χ0v) is 67.7. The molecule has 16 nitrogen and oxygen atoms in total. The van der Waals surface area contributed by atoms with Crippen molar-refractivity contribution in [2.45, 2.75) is 225 Å². The molecule has 2 N–H and O–H groups in total. The zero-order valence-electron chi connectivity index (χ0n) is 64.5. The molecule has 15 atom stereocenters. The third kappa shape index (κ3) is 25.3. The maximum atomic E-state index is 11.9. The average molecular weight is 1530 g/mol. The highest BCUT2D eigenvalue weighted by Crippen LogP contribution is 2.46. The average Bonchev–Trinajstić information content (AvgIpc) is 0.789. The lowest BCUT2D eigenvalue weighted by Crippen LogP contribution is -2.52. The van der Waals surface area contributed by atoms with Crippen LogP contribution in [0.1, 0.15) is 204 Å². The van der Waals surface area contributed by atoms with Crippen molar-refractivity contribution in [2.24, 2.45) is 23.5 Å². The lowest BCUT2D eigenvalue weighted by atomic mass is 9.85. The fourth-order valence-corrected chi connectivity index (χ4v) is 16.1. The van der Waals surface area contributed by atoms with Gasteiger partial charge in [-0.1, -0.05) is 186 Å². The summed E-state index contributed by atoms with van der Waals surface area (Å²) in [5, 5.41) is 0.714. The Kier molecular flexibility index (Phi) is 34.8. The van der Waals surface area contributed by atoms with Crippen LogP contribution in [-0.2, 0) is 97.1 Å². The largest absolute Gasteiger partial charge is 0.458 e. The summed E-state index contributed by atoms with van der Waals surface area (Å²) < 4.78 is 53.0. The van der Waals surface area contributed by atoms with Gasteiger partial charge in [0.15, 0.2) is 18.3 Å². The minimum Gasteiger partial charge on any atom is -0.458 e. The van der Waals surface area contributed by atoms with E-state index in [4.69, 9.17) is 60.0 Å². The van der Waals surface area contributed by atoms with Crippen molar-refractivity contribution in [1.29, 1.82) is 0 Å². The van der Waals surface area contributed by atoms with Crippen molar-refractivity contribution < 1.29 is 71.4 Å². The molecular formula is C86H110ClNO15S3. The van der Waals surface area contributed by atoms with Gasteiger partial charge in [0.25, 0.3) is 0 Å². The number of hydrogen-bond acceptors (Lipinski definition) is 19. The van der Waals surface area contributed by atoms with Gasteiger partial charge >= 0.3 is 35.8 Å². The van der Waals surface area contributed by atoms with Crippen molar-refractivity contribution >= 4 is 88.8 Å². The van der Waals surface area contributed by atoms with Crippen molar-refractivity contribution in [1.82, 2.24) is 0 Å². The summed E-state index contributed by atoms with van der Waals surface area (Å²) in [6, 6.07) is 44.6. The van der Waals surface area contributed by atoms with Crippen LogP contribution in [0.5, 0.6) is 0 Å². The van der Waals surface area contributed by atoms with Gasteiger partial charge in [-0.3, -0.25) is 28.8 Å². The van der Waals surface area contributed by atoms with Gasteiger partial charge in [0.2, 0.25) is 0 Å². The van der Waals surface area contributed by atoms with Crippen molar-refractivity contribution in [2.75, 3.05) is 25.3 Å². The van der Waals surface area contributed by atoms with E-state index in [1.807, 2.05) is 63.8 Å². The van der Waals surface area contributed by atoms with Crippen LogP contribution in [0.3, 0.4) is 0 Å². The van der Waals surface area contributed by atoms with Gasteiger partial charge in [0.1, 0.15) is 34.6 Å². The number of benzene rings is 6. The van der Waals surface area contributed by atoms with Gasteiger partial charge in [0, 0.05) is 64.3 Å². The van der Waals surface area contributed by atoms with E-state index in [-0.39, 0.29) is 36.1 Å². The van der Waals surface area contributed by atoms with Crippen molar-refractivity contribution in [3.05, 3.63) is 216 Å². The van der Waals surface area contributed by atoms with Crippen LogP contribution in [0.2, 0.25) is 5.02 Å². The molecule has 0 bridgehead atoms. The molecule has 574 valence electrons. The lowest BCUT2D eigenvalue weighted by molar-refractivity contribution is -0.208. The van der Waals surface area contributed by atoms with Crippen LogP contribution >= 0.6 is 46.9 Å². The Balaban J connectivity index is 0.000000223. The number of halogens is 1. The Labute approximate surface area is 646 Å². The third-order valence-electron chi connectivity index (χ3n) is 19.5. The molecule has 0 radical (unpaired) electrons. The van der Waals surface area contributed by atoms with E-state index in [0.717, 1.165) is 61.8 Å². The maximum absolute atomic E-state index is 11.9. The van der Waals surface area contributed by atoms with Gasteiger partial charge in [0.05, 0.1) is 18.3 Å². The molecule has 6 aromatic rings. The lowest BCUT2D eigenvalue weighted by Gasteiger charge is -2.44. The highest BCUT2D eigenvalue weighted by atomic mass is 35.5. The number of aryl methyl sites for hydroxylation is 4. The molecule has 3 aliphatic heterocycles. The molecule has 3 saturated heterocycles. The summed E-state index contributed by atoms with van der Waals surface area (Å²) in [5.74, 6) is -3.10. The molecule has 0 spiro atoms. The number of esters is 6. The second-order valence-electron chi connectivity index (χ2n) is 27.9. The number of allylic oxidation sites excluding steroid dienone is 1. The molecule has 0 aliphatic carbocycles. The van der Waals surface area contributed by atoms with Crippen molar-refractivity contribution in [3.8, 4) is 0 Å². The minimum atomic E-state index is -0.670. The molecule has 3 fully saturated rings. The van der Waals surface area contributed by atoms with E-state index in [9.17, 15) is 28.8 Å². The minimum absolute atomic E-state index is 0.203. The summed E-state index contributed by atoms with van der Waals surface area (Å²) in [6.45, 7) is 23.4. The Morgan fingerprint density at radius 3 is 1.05 bits per heavy atom. The fraction of sp³-hybridized carbons (Fsp3) is 0.488. The summed E-state index contributed by atoms with van der Waals surface area (Å²) in [4.78, 5) is 71.0. The molecule has 20 heteroatoms. The second-order valence-corrected chi connectivity index (χ2v) is 31.2. The predicted octanol–water partition coefficient (Wildman–Crippen LogP) is 18.1. The third-order valence-corrected chi connectivity index (χ3v) is 22.3. The molecule has 3 aliphatic rings. The number of nitrogens with two attached hydrogens (primary N) is 1. The van der Waals surface area contributed by atoms with Crippen LogP contribution in [-0.4, -0.2) is 114 Å². The van der Waals surface area contributed by atoms with Gasteiger partial charge in [-0.05, 0) is 181 Å². The zero-order chi connectivity index (χ0) is 77.3. The van der Waals surface area contributed by atoms with Gasteiger partial charge < -0.3 is 48.4 Å². The first-order valence-corrected chi connectivity index (χ1v) is 41.0. The highest BCUT2D eigenvalue weighted by molar-refractivity contribution is 7.99. The molecular weight excluding hydrogens is 1420 g/mol. The van der Waals surface area contributed by atoms with Gasteiger partial charge in [-0.25, -0.2) is 0 Å². The topological polar surface area (TPSA) is 212 Å². The van der Waals surface area contributed by atoms with Crippen LogP contribution < -0.4 is 5.73 Å². The summed E-state index contributed by atoms with van der Waals surface area (Å²) in [6.07, 6.45) is 15.9. The SMILES string of the molecule is CCCC/C=C/c1ccc(Cc2cc([C@@H]3O[C@H](SC)[C@@H](OC(C)=O)[C@H](OC(C)=O)[C@H]3C)ccc2C)cc1.CS[C@H]1O[C@@H](c2ccc(C)c(Cc3ccc(CCCCCN)cc3)c2)[C@H](C)[C@@H](OC(C)=O)[C@@H]1OC(C)=O.CS[C@H]1O[C@@H](c2ccc(C)c(Cc3ccc(Cl)cc3)c2)[C@H](C)[C@@H](OC(C)=O)[C@@H]1OC(C)=O. The Hall–Kier alpha value is -6.94. The first-order valence-electron chi connectivity index (χ1n) is 36.8. The molecule has 6 aromatic carbocycles. The molecule has 0 unspecified atom stereocenters. The van der Waals surface area contributed by atoms with E-state index in [0.29, 0.717) is 5.02 Å². The molecule has 9 rings (SSSR count). The van der Waals surface area contributed by atoms with Crippen LogP contribution in [0.4, 0.5) is 0 Å². The number of carbonyl (C=O) groups excluding carboxylic acids is 6. The van der Waals surface area contributed by atoms with E-state index < -0.39 is 88.7 Å². The Bertz CT molecular complexity index is 3870. The van der Waals surface area contributed by atoms with E-state index in [2.05, 4.69) is 143 Å². The maximum Gasteiger partial charge on any atom is 0.303 e. The Morgan fingerprint density at radius 2 is 0.736 bits per heavy atom. The monoisotopic (exact) mass is 1530 g/mol. The van der Waals surface area contributed by atoms with E-state index in [1.54, 1.807) is 0 Å². The van der Waals surface area contributed by atoms with Gasteiger partial charge in [-0.15, -0.1) is 35.3 Å². The standard InChI is InChI=1S/C31H40O5S.C30H41NO5S.C25H29ClO5S/c1-7-8-9-10-11-24-13-15-25(16-14-24)18-27-19-26(17-12-20(27)2)28-21(3)29(34-22(4)32)30(35-23(5)33)31(36-28)37-6;1-19-10-15-25(18-26(19)17-24-13-11-23(12-14-24)9-7-6-8-16-31)27-20(2)28(34-21(3)32)29(35-22(4)33)30(36-27)37-5;1-14-6-9-19(13-20(14)12-18-7-10-21(26)11-8-18)22-15(2)23(29-16(3)27)24(30-17(4)28)25(31-22)32-5/h10-17,19,21,28-31H,7-9,18H2,1-6H3;10-15,18,20,27-30H,6-9,16-17,31H2,1-5H3;6-11,13,15,22-25H,12H2,1-5H3/b11-10+;;/t21-,28+,29+,30-,31+;20-,27+,28+,29-,30+;15-,22+,23+,24-,25+/m000/s1. The predicted molar refractivity (Wildman–Crippen MR) is 426 cm³/mol. The van der Waals surface area contributed by atoms with Crippen LogP contribution in [0.15, 0.2) is 133 Å². The number of rotatable bonds is 27. The molecule has 0 amide bonds. The molecule has 0 saturated carbocycles. The number of thioether (sulfide) groups is 3. The first kappa shape index (κ1) is 86.3.